The van der Waals surface area contributed by atoms with Crippen molar-refractivity contribution in [1.82, 2.24) is 10.1 Å². The fourth-order valence-corrected chi connectivity index (χ4v) is 4.07. The summed E-state index contributed by atoms with van der Waals surface area (Å²) in [5.41, 5.74) is 0.921. The van der Waals surface area contributed by atoms with Crippen molar-refractivity contribution in [3.8, 4) is 11.5 Å². The molecule has 0 radical (unpaired) electrons. The highest BCUT2D eigenvalue weighted by molar-refractivity contribution is 5.47. The van der Waals surface area contributed by atoms with Crippen LogP contribution in [-0.2, 0) is 10.2 Å². The van der Waals surface area contributed by atoms with E-state index in [1.54, 1.807) is 14.2 Å². The highest BCUT2D eigenvalue weighted by Gasteiger charge is 2.43. The van der Waals surface area contributed by atoms with Crippen LogP contribution in [0.1, 0.15) is 55.3 Å². The Hall–Kier alpha value is -2.08. The maximum atomic E-state index is 5.76. The van der Waals surface area contributed by atoms with Gasteiger partial charge in [-0.3, -0.25) is 0 Å². The minimum Gasteiger partial charge on any atom is -0.493 e. The summed E-state index contributed by atoms with van der Waals surface area (Å²) in [6, 6.07) is 6.10. The van der Waals surface area contributed by atoms with Crippen LogP contribution in [0.3, 0.4) is 0 Å². The molecule has 1 aliphatic carbocycles. The Morgan fingerprint density at radius 1 is 1.12 bits per heavy atom. The molecule has 1 aliphatic heterocycles. The first-order valence-electron chi connectivity index (χ1n) is 8.91. The third-order valence-electron chi connectivity index (χ3n) is 5.54. The van der Waals surface area contributed by atoms with Gasteiger partial charge in [0.15, 0.2) is 17.3 Å². The molecule has 0 bridgehead atoms. The molecule has 1 aromatic carbocycles. The predicted octanol–water partition coefficient (Wildman–Crippen LogP) is 3.45. The molecule has 0 amide bonds. The van der Waals surface area contributed by atoms with Gasteiger partial charge in [0.25, 0.3) is 0 Å². The van der Waals surface area contributed by atoms with Crippen LogP contribution in [0.2, 0.25) is 0 Å². The van der Waals surface area contributed by atoms with Gasteiger partial charge in [0, 0.05) is 12.5 Å². The van der Waals surface area contributed by atoms with Crippen LogP contribution in [0.4, 0.5) is 0 Å². The Labute approximate surface area is 147 Å². The standard InChI is InChI=1S/C19H24N2O4/c1-22-15-6-5-14(11-16(15)23-2)19(8-3-4-9-19)18-20-17(21-25-18)13-7-10-24-12-13/h5-6,11,13H,3-4,7-10,12H2,1-2H3/t13-/m0/s1. The first kappa shape index (κ1) is 16.4. The van der Waals surface area contributed by atoms with E-state index in [-0.39, 0.29) is 11.3 Å². The summed E-state index contributed by atoms with van der Waals surface area (Å²) in [7, 11) is 3.31. The van der Waals surface area contributed by atoms with Gasteiger partial charge in [0.2, 0.25) is 5.89 Å². The van der Waals surface area contributed by atoms with E-state index in [1.165, 1.54) is 0 Å². The number of rotatable bonds is 5. The number of nitrogens with zero attached hydrogens (tertiary/aromatic N) is 2. The van der Waals surface area contributed by atoms with Crippen molar-refractivity contribution < 1.29 is 18.7 Å². The lowest BCUT2D eigenvalue weighted by molar-refractivity contribution is 0.192. The van der Waals surface area contributed by atoms with Gasteiger partial charge in [-0.25, -0.2) is 0 Å². The van der Waals surface area contributed by atoms with E-state index < -0.39 is 0 Å². The molecule has 2 heterocycles. The van der Waals surface area contributed by atoms with Gasteiger partial charge in [-0.05, 0) is 37.0 Å². The summed E-state index contributed by atoms with van der Waals surface area (Å²) < 4.78 is 22.1. The lowest BCUT2D eigenvalue weighted by atomic mass is 9.78. The fourth-order valence-electron chi connectivity index (χ4n) is 4.07. The van der Waals surface area contributed by atoms with Crippen LogP contribution in [-0.4, -0.2) is 37.6 Å². The van der Waals surface area contributed by atoms with E-state index in [1.807, 2.05) is 12.1 Å². The first-order valence-corrected chi connectivity index (χ1v) is 8.91. The number of methoxy groups -OCH3 is 2. The normalized spacial score (nSPS) is 22.2. The largest absolute Gasteiger partial charge is 0.493 e. The minimum absolute atomic E-state index is 0.232. The van der Waals surface area contributed by atoms with Gasteiger partial charge < -0.3 is 18.7 Å². The summed E-state index contributed by atoms with van der Waals surface area (Å²) in [6.45, 7) is 1.46. The maximum Gasteiger partial charge on any atom is 0.237 e. The van der Waals surface area contributed by atoms with Crippen LogP contribution in [0.15, 0.2) is 22.7 Å². The number of benzene rings is 1. The maximum absolute atomic E-state index is 5.76. The van der Waals surface area contributed by atoms with Crippen molar-refractivity contribution in [3.63, 3.8) is 0 Å². The molecule has 134 valence electrons. The van der Waals surface area contributed by atoms with E-state index in [0.717, 1.165) is 67.5 Å². The van der Waals surface area contributed by atoms with Gasteiger partial charge in [-0.1, -0.05) is 24.1 Å². The molecular formula is C19H24N2O4. The van der Waals surface area contributed by atoms with Crippen molar-refractivity contribution in [2.45, 2.75) is 43.4 Å². The molecule has 2 aromatic rings. The van der Waals surface area contributed by atoms with E-state index >= 15 is 0 Å². The van der Waals surface area contributed by atoms with Gasteiger partial charge in [0.1, 0.15) is 0 Å². The van der Waals surface area contributed by atoms with Gasteiger partial charge in [-0.2, -0.15) is 4.98 Å². The second-order valence-electron chi connectivity index (χ2n) is 6.88. The van der Waals surface area contributed by atoms with E-state index in [2.05, 4.69) is 11.2 Å². The van der Waals surface area contributed by atoms with Crippen LogP contribution in [0, 0.1) is 0 Å². The molecule has 1 saturated heterocycles. The van der Waals surface area contributed by atoms with Crippen molar-refractivity contribution in [2.75, 3.05) is 27.4 Å². The molecule has 1 saturated carbocycles. The van der Waals surface area contributed by atoms with Crippen molar-refractivity contribution in [1.29, 1.82) is 0 Å². The summed E-state index contributed by atoms with van der Waals surface area (Å²) >= 11 is 0. The highest BCUT2D eigenvalue weighted by Crippen LogP contribution is 2.47. The quantitative estimate of drug-likeness (QED) is 0.828. The molecule has 0 unspecified atom stereocenters. The molecule has 4 rings (SSSR count). The predicted molar refractivity (Wildman–Crippen MR) is 91.3 cm³/mol. The summed E-state index contributed by atoms with van der Waals surface area (Å²) in [6.07, 6.45) is 5.27. The summed E-state index contributed by atoms with van der Waals surface area (Å²) in [4.78, 5) is 4.79. The zero-order chi connectivity index (χ0) is 17.3. The van der Waals surface area contributed by atoms with Crippen molar-refractivity contribution in [2.24, 2.45) is 0 Å². The SMILES string of the molecule is COc1ccc(C2(c3nc([C@H]4CCOC4)no3)CCCC2)cc1OC. The number of hydrogen-bond acceptors (Lipinski definition) is 6. The van der Waals surface area contributed by atoms with Crippen LogP contribution >= 0.6 is 0 Å². The van der Waals surface area contributed by atoms with Gasteiger partial charge in [-0.15, -0.1) is 0 Å². The lowest BCUT2D eigenvalue weighted by Crippen LogP contribution is -2.24. The van der Waals surface area contributed by atoms with E-state index in [4.69, 9.17) is 23.7 Å². The first-order chi connectivity index (χ1) is 12.3. The monoisotopic (exact) mass is 344 g/mol. The van der Waals surface area contributed by atoms with Crippen molar-refractivity contribution in [3.05, 3.63) is 35.5 Å². The second-order valence-corrected chi connectivity index (χ2v) is 6.88. The zero-order valence-electron chi connectivity index (χ0n) is 14.8. The average Bonchev–Trinajstić information content (AvgIpc) is 3.41. The molecular weight excluding hydrogens is 320 g/mol. The second kappa shape index (κ2) is 6.67. The smallest absolute Gasteiger partial charge is 0.237 e. The molecule has 1 aromatic heterocycles. The van der Waals surface area contributed by atoms with Crippen LogP contribution in [0.25, 0.3) is 0 Å². The molecule has 2 fully saturated rings. The third-order valence-corrected chi connectivity index (χ3v) is 5.54. The fraction of sp³-hybridized carbons (Fsp3) is 0.579. The summed E-state index contributed by atoms with van der Waals surface area (Å²) in [5.74, 6) is 3.21. The molecule has 0 spiro atoms. The molecule has 2 aliphatic rings. The van der Waals surface area contributed by atoms with Gasteiger partial charge in [0.05, 0.1) is 26.2 Å². The lowest BCUT2D eigenvalue weighted by Gasteiger charge is -2.26. The number of aromatic nitrogens is 2. The molecule has 6 heteroatoms. The molecule has 1 atom stereocenters. The molecule has 0 N–H and O–H groups in total. The Balaban J connectivity index is 1.73. The highest BCUT2D eigenvalue weighted by atomic mass is 16.5. The Morgan fingerprint density at radius 3 is 2.60 bits per heavy atom. The average molecular weight is 344 g/mol. The van der Waals surface area contributed by atoms with Crippen molar-refractivity contribution >= 4 is 0 Å². The zero-order valence-corrected chi connectivity index (χ0v) is 14.8. The summed E-state index contributed by atoms with van der Waals surface area (Å²) in [5, 5.41) is 4.27. The minimum atomic E-state index is -0.232. The third kappa shape index (κ3) is 2.78. The molecule has 25 heavy (non-hydrogen) atoms. The van der Waals surface area contributed by atoms with E-state index in [0.29, 0.717) is 6.61 Å². The Morgan fingerprint density at radius 2 is 1.92 bits per heavy atom. The number of hydrogen-bond donors (Lipinski definition) is 0. The molecule has 6 nitrogen and oxygen atoms in total. The Bertz CT molecular complexity index is 731. The van der Waals surface area contributed by atoms with E-state index in [9.17, 15) is 0 Å². The topological polar surface area (TPSA) is 66.6 Å². The Kier molecular flexibility index (Phi) is 4.37. The van der Waals surface area contributed by atoms with Crippen LogP contribution < -0.4 is 9.47 Å². The van der Waals surface area contributed by atoms with Gasteiger partial charge >= 0.3 is 0 Å². The number of ether oxygens (including phenoxy) is 3. The van der Waals surface area contributed by atoms with Crippen LogP contribution in [0.5, 0.6) is 11.5 Å².